The Morgan fingerprint density at radius 3 is 2.75 bits per heavy atom. The second kappa shape index (κ2) is 5.11. The fraction of sp³-hybridized carbons (Fsp3) is 0. The number of thiocarbonyl (C=S) groups is 1. The fourth-order valence-corrected chi connectivity index (χ4v) is 2.24. The van der Waals surface area contributed by atoms with Crippen LogP contribution in [0.3, 0.4) is 0 Å². The molecular formula is C14H9ClN2O2S. The minimum atomic E-state index is -0.268. The first-order valence-corrected chi connectivity index (χ1v) is 6.60. The molecule has 6 heteroatoms. The molecule has 2 aromatic rings. The van der Waals surface area contributed by atoms with Gasteiger partial charge in [-0.05, 0) is 36.5 Å². The molecule has 1 aliphatic heterocycles. The minimum Gasteiger partial charge on any atom is -0.457 e. The first-order valence-electron chi connectivity index (χ1n) is 5.81. The van der Waals surface area contributed by atoms with Gasteiger partial charge >= 0.3 is 0 Å². The maximum atomic E-state index is 11.5. The van der Waals surface area contributed by atoms with Crippen molar-refractivity contribution in [2.45, 2.75) is 0 Å². The molecule has 1 aromatic carbocycles. The van der Waals surface area contributed by atoms with E-state index < -0.39 is 0 Å². The van der Waals surface area contributed by atoms with Crippen molar-refractivity contribution in [2.75, 3.05) is 0 Å². The van der Waals surface area contributed by atoms with E-state index in [0.29, 0.717) is 27.4 Å². The van der Waals surface area contributed by atoms with Crippen LogP contribution in [0, 0.1) is 0 Å². The van der Waals surface area contributed by atoms with Crippen molar-refractivity contribution in [1.82, 2.24) is 10.6 Å². The van der Waals surface area contributed by atoms with Gasteiger partial charge in [0.15, 0.2) is 5.11 Å². The summed E-state index contributed by atoms with van der Waals surface area (Å²) in [5.41, 5.74) is 1.24. The Hall–Kier alpha value is -2.11. The zero-order chi connectivity index (χ0) is 14.1. The van der Waals surface area contributed by atoms with Crippen molar-refractivity contribution in [3.05, 3.63) is 52.9 Å². The SMILES string of the molecule is O=C1NC(=S)N/C1=C/c1ccc(-c2cccc(Cl)c2)o1. The van der Waals surface area contributed by atoms with Crippen LogP contribution in [0.15, 0.2) is 46.5 Å². The first kappa shape index (κ1) is 12.9. The maximum absolute atomic E-state index is 11.5. The number of amides is 1. The number of benzene rings is 1. The third-order valence-electron chi connectivity index (χ3n) is 2.74. The Morgan fingerprint density at radius 2 is 2.05 bits per heavy atom. The van der Waals surface area contributed by atoms with Crippen LogP contribution in [0.1, 0.15) is 5.76 Å². The number of hydrogen-bond donors (Lipinski definition) is 2. The van der Waals surface area contributed by atoms with Gasteiger partial charge in [0.25, 0.3) is 5.91 Å². The lowest BCUT2D eigenvalue weighted by atomic mass is 10.2. The van der Waals surface area contributed by atoms with E-state index in [1.54, 1.807) is 18.2 Å². The number of halogens is 1. The molecule has 20 heavy (non-hydrogen) atoms. The highest BCUT2D eigenvalue weighted by Crippen LogP contribution is 2.25. The zero-order valence-corrected chi connectivity index (χ0v) is 11.7. The number of hydrogen-bond acceptors (Lipinski definition) is 3. The fourth-order valence-electron chi connectivity index (χ4n) is 1.85. The van der Waals surface area contributed by atoms with Crippen LogP contribution in [0.25, 0.3) is 17.4 Å². The Balaban J connectivity index is 1.89. The van der Waals surface area contributed by atoms with Gasteiger partial charge in [-0.25, -0.2) is 0 Å². The summed E-state index contributed by atoms with van der Waals surface area (Å²) in [6.45, 7) is 0. The number of carbonyl (C=O) groups excluding carboxylic acids is 1. The lowest BCUT2D eigenvalue weighted by molar-refractivity contribution is -0.115. The molecular weight excluding hydrogens is 296 g/mol. The summed E-state index contributed by atoms with van der Waals surface area (Å²) in [5.74, 6) is 0.971. The van der Waals surface area contributed by atoms with E-state index in [0.717, 1.165) is 5.56 Å². The van der Waals surface area contributed by atoms with Crippen molar-refractivity contribution in [2.24, 2.45) is 0 Å². The molecule has 0 bridgehead atoms. The smallest absolute Gasteiger partial charge is 0.274 e. The third-order valence-corrected chi connectivity index (χ3v) is 3.18. The molecule has 0 spiro atoms. The Labute approximate surface area is 125 Å². The van der Waals surface area contributed by atoms with Gasteiger partial charge < -0.3 is 9.73 Å². The van der Waals surface area contributed by atoms with Crippen molar-refractivity contribution < 1.29 is 9.21 Å². The van der Waals surface area contributed by atoms with Gasteiger partial charge in [-0.1, -0.05) is 23.7 Å². The van der Waals surface area contributed by atoms with Crippen molar-refractivity contribution >= 4 is 40.9 Å². The molecule has 0 radical (unpaired) electrons. The molecule has 0 unspecified atom stereocenters. The molecule has 1 aliphatic rings. The van der Waals surface area contributed by atoms with Gasteiger partial charge in [0, 0.05) is 16.7 Å². The maximum Gasteiger partial charge on any atom is 0.274 e. The van der Waals surface area contributed by atoms with Crippen LogP contribution >= 0.6 is 23.8 Å². The molecule has 1 fully saturated rings. The molecule has 0 atom stereocenters. The average molecular weight is 305 g/mol. The summed E-state index contributed by atoms with van der Waals surface area (Å²) >= 11 is 10.8. The molecule has 100 valence electrons. The predicted molar refractivity (Wildman–Crippen MR) is 81.0 cm³/mol. The van der Waals surface area contributed by atoms with Gasteiger partial charge in [0.2, 0.25) is 0 Å². The zero-order valence-electron chi connectivity index (χ0n) is 10.1. The van der Waals surface area contributed by atoms with Crippen LogP contribution in [0.2, 0.25) is 5.02 Å². The van der Waals surface area contributed by atoms with E-state index in [1.165, 1.54) is 0 Å². The van der Waals surface area contributed by atoms with E-state index in [-0.39, 0.29) is 5.91 Å². The Bertz CT molecular complexity index is 736. The third kappa shape index (κ3) is 2.59. The van der Waals surface area contributed by atoms with Crippen molar-refractivity contribution in [3.63, 3.8) is 0 Å². The molecule has 0 aliphatic carbocycles. The summed E-state index contributed by atoms with van der Waals surface area (Å²) < 4.78 is 5.67. The van der Waals surface area contributed by atoms with E-state index in [9.17, 15) is 4.79 Å². The summed E-state index contributed by atoms with van der Waals surface area (Å²) in [7, 11) is 0. The molecule has 0 saturated carbocycles. The average Bonchev–Trinajstić information content (AvgIpc) is 2.97. The predicted octanol–water partition coefficient (Wildman–Crippen LogP) is 2.95. The second-order valence-electron chi connectivity index (χ2n) is 4.18. The van der Waals surface area contributed by atoms with Crippen LogP contribution in [0.5, 0.6) is 0 Å². The largest absolute Gasteiger partial charge is 0.457 e. The lowest BCUT2D eigenvalue weighted by Crippen LogP contribution is -2.21. The number of rotatable bonds is 2. The van der Waals surface area contributed by atoms with Crippen LogP contribution < -0.4 is 10.6 Å². The van der Waals surface area contributed by atoms with E-state index in [1.807, 2.05) is 24.3 Å². The highest BCUT2D eigenvalue weighted by atomic mass is 35.5. The first-order chi connectivity index (χ1) is 9.61. The molecule has 4 nitrogen and oxygen atoms in total. The molecule has 1 aromatic heterocycles. The highest BCUT2D eigenvalue weighted by molar-refractivity contribution is 7.80. The Kier molecular flexibility index (Phi) is 3.30. The van der Waals surface area contributed by atoms with Gasteiger partial charge in [-0.15, -0.1) is 0 Å². The van der Waals surface area contributed by atoms with Crippen molar-refractivity contribution in [1.29, 1.82) is 0 Å². The van der Waals surface area contributed by atoms with Gasteiger partial charge in [-0.3, -0.25) is 10.1 Å². The summed E-state index contributed by atoms with van der Waals surface area (Å²) in [4.78, 5) is 11.5. The van der Waals surface area contributed by atoms with E-state index in [2.05, 4.69) is 10.6 Å². The number of carbonyl (C=O) groups is 1. The molecule has 1 amide bonds. The normalized spacial score (nSPS) is 16.4. The quantitative estimate of drug-likeness (QED) is 0.661. The lowest BCUT2D eigenvalue weighted by Gasteiger charge is -1.97. The molecule has 1 saturated heterocycles. The van der Waals surface area contributed by atoms with E-state index >= 15 is 0 Å². The van der Waals surface area contributed by atoms with Gasteiger partial charge in [0.05, 0.1) is 0 Å². The monoisotopic (exact) mass is 304 g/mol. The number of nitrogens with one attached hydrogen (secondary N) is 2. The summed E-state index contributed by atoms with van der Waals surface area (Å²) in [6.07, 6.45) is 1.60. The van der Waals surface area contributed by atoms with Gasteiger partial charge in [0.1, 0.15) is 17.2 Å². The summed E-state index contributed by atoms with van der Waals surface area (Å²) in [6, 6.07) is 11.0. The minimum absolute atomic E-state index is 0.268. The molecule has 3 rings (SSSR count). The van der Waals surface area contributed by atoms with Crippen molar-refractivity contribution in [3.8, 4) is 11.3 Å². The molecule has 2 heterocycles. The summed E-state index contributed by atoms with van der Waals surface area (Å²) in [5, 5.41) is 6.18. The van der Waals surface area contributed by atoms with E-state index in [4.69, 9.17) is 28.2 Å². The topological polar surface area (TPSA) is 54.3 Å². The number of furan rings is 1. The van der Waals surface area contributed by atoms with Gasteiger partial charge in [-0.2, -0.15) is 0 Å². The van der Waals surface area contributed by atoms with Crippen LogP contribution in [-0.4, -0.2) is 11.0 Å². The highest BCUT2D eigenvalue weighted by Gasteiger charge is 2.20. The second-order valence-corrected chi connectivity index (χ2v) is 5.02. The standard InChI is InChI=1S/C14H9ClN2O2S/c15-9-3-1-2-8(6-9)12-5-4-10(19-12)7-11-13(18)17-14(20)16-11/h1-7H,(H2,16,17,18,20)/b11-7+. The van der Waals surface area contributed by atoms with Crippen LogP contribution in [-0.2, 0) is 4.79 Å². The molecule has 2 N–H and O–H groups in total. The Morgan fingerprint density at radius 1 is 1.20 bits per heavy atom. The van der Waals surface area contributed by atoms with Crippen LogP contribution in [0.4, 0.5) is 0 Å².